The molecule has 2 aromatic heterocycles. The summed E-state index contributed by atoms with van der Waals surface area (Å²) in [7, 11) is 2.01. The van der Waals surface area contributed by atoms with E-state index in [1.807, 2.05) is 54.5 Å². The SMILES string of the molecule is Cn1cccc1[C@H]1[C@@H](c2ccccn2)NC(=S)N1c1ccccc1O. The van der Waals surface area contributed by atoms with Gasteiger partial charge in [0.2, 0.25) is 0 Å². The van der Waals surface area contributed by atoms with Crippen molar-refractivity contribution in [1.82, 2.24) is 14.9 Å². The number of anilines is 1. The van der Waals surface area contributed by atoms with Crippen molar-refractivity contribution in [2.75, 3.05) is 4.90 Å². The van der Waals surface area contributed by atoms with Gasteiger partial charge in [-0.15, -0.1) is 0 Å². The van der Waals surface area contributed by atoms with Crippen LogP contribution in [0.1, 0.15) is 23.5 Å². The third-order valence-electron chi connectivity index (χ3n) is 4.53. The largest absolute Gasteiger partial charge is 0.506 e. The molecule has 2 N–H and O–H groups in total. The van der Waals surface area contributed by atoms with Gasteiger partial charge in [0.15, 0.2) is 5.11 Å². The van der Waals surface area contributed by atoms with Crippen LogP contribution in [0.25, 0.3) is 0 Å². The fourth-order valence-electron chi connectivity index (χ4n) is 3.36. The standard InChI is InChI=1S/C19H18N4OS/c1-22-12-6-9-15(22)18-17(13-7-4-5-11-20-13)21-19(25)23(18)14-8-2-3-10-16(14)24/h2-12,17-18,24H,1H3,(H,21,25)/t17-,18+/m1/s1. The molecule has 5 nitrogen and oxygen atoms in total. The smallest absolute Gasteiger partial charge is 0.174 e. The third-order valence-corrected chi connectivity index (χ3v) is 4.84. The van der Waals surface area contributed by atoms with Crippen LogP contribution in [0, 0.1) is 0 Å². The van der Waals surface area contributed by atoms with Gasteiger partial charge < -0.3 is 19.9 Å². The molecule has 0 amide bonds. The molecule has 126 valence electrons. The number of rotatable bonds is 3. The summed E-state index contributed by atoms with van der Waals surface area (Å²) >= 11 is 5.62. The first kappa shape index (κ1) is 15.7. The Balaban J connectivity index is 1.87. The molecule has 1 aliphatic rings. The average Bonchev–Trinajstić information content (AvgIpc) is 3.19. The van der Waals surface area contributed by atoms with Crippen LogP contribution in [0.15, 0.2) is 67.0 Å². The first-order valence-corrected chi connectivity index (χ1v) is 8.47. The van der Waals surface area contributed by atoms with Crippen molar-refractivity contribution < 1.29 is 5.11 Å². The molecule has 0 saturated carbocycles. The summed E-state index contributed by atoms with van der Waals surface area (Å²) in [4.78, 5) is 6.49. The van der Waals surface area contributed by atoms with E-state index < -0.39 is 0 Å². The Hall–Kier alpha value is -2.86. The third kappa shape index (κ3) is 2.64. The molecule has 3 heterocycles. The number of aromatic nitrogens is 2. The second kappa shape index (κ2) is 6.22. The number of pyridine rings is 1. The fourth-order valence-corrected chi connectivity index (χ4v) is 3.70. The van der Waals surface area contributed by atoms with Gasteiger partial charge in [-0.2, -0.15) is 0 Å². The molecule has 0 spiro atoms. The summed E-state index contributed by atoms with van der Waals surface area (Å²) in [5.74, 6) is 0.201. The highest BCUT2D eigenvalue weighted by atomic mass is 32.1. The second-order valence-corrected chi connectivity index (χ2v) is 6.42. The summed E-state index contributed by atoms with van der Waals surface area (Å²) < 4.78 is 2.07. The topological polar surface area (TPSA) is 53.3 Å². The van der Waals surface area contributed by atoms with Crippen LogP contribution < -0.4 is 10.2 Å². The molecule has 4 rings (SSSR count). The number of aromatic hydroxyl groups is 1. The van der Waals surface area contributed by atoms with E-state index in [1.165, 1.54) is 0 Å². The van der Waals surface area contributed by atoms with Crippen molar-refractivity contribution in [1.29, 1.82) is 0 Å². The first-order chi connectivity index (χ1) is 12.2. The summed E-state index contributed by atoms with van der Waals surface area (Å²) in [5, 5.41) is 14.3. The van der Waals surface area contributed by atoms with E-state index in [-0.39, 0.29) is 17.8 Å². The lowest BCUT2D eigenvalue weighted by atomic mass is 10.0. The Bertz CT molecular complexity index is 909. The van der Waals surface area contributed by atoms with Crippen LogP contribution in [0.4, 0.5) is 5.69 Å². The minimum absolute atomic E-state index is 0.109. The van der Waals surface area contributed by atoms with Gasteiger partial charge >= 0.3 is 0 Å². The molecule has 2 atom stereocenters. The minimum Gasteiger partial charge on any atom is -0.506 e. The van der Waals surface area contributed by atoms with Crippen molar-refractivity contribution in [2.45, 2.75) is 12.1 Å². The maximum absolute atomic E-state index is 10.4. The molecule has 1 aliphatic heterocycles. The zero-order chi connectivity index (χ0) is 17.4. The Labute approximate surface area is 151 Å². The monoisotopic (exact) mass is 350 g/mol. The average molecular weight is 350 g/mol. The van der Waals surface area contributed by atoms with Gasteiger partial charge in [0, 0.05) is 25.1 Å². The number of phenolic OH excluding ortho intramolecular Hbond substituents is 1. The van der Waals surface area contributed by atoms with E-state index in [9.17, 15) is 5.11 Å². The number of benzene rings is 1. The molecule has 0 unspecified atom stereocenters. The van der Waals surface area contributed by atoms with Gasteiger partial charge in [0.05, 0.1) is 17.4 Å². The lowest BCUT2D eigenvalue weighted by molar-refractivity contribution is 0.471. The van der Waals surface area contributed by atoms with Crippen molar-refractivity contribution in [3.8, 4) is 5.75 Å². The molecule has 0 bridgehead atoms. The van der Waals surface area contributed by atoms with E-state index in [0.29, 0.717) is 10.8 Å². The molecule has 0 radical (unpaired) electrons. The number of phenols is 1. The number of hydrogen-bond donors (Lipinski definition) is 2. The minimum atomic E-state index is -0.115. The van der Waals surface area contributed by atoms with Crippen LogP contribution in [0.5, 0.6) is 5.75 Å². The van der Waals surface area contributed by atoms with Crippen molar-refractivity contribution in [3.05, 3.63) is 78.4 Å². The normalized spacial score (nSPS) is 19.9. The van der Waals surface area contributed by atoms with Crippen LogP contribution in [-0.2, 0) is 7.05 Å². The van der Waals surface area contributed by atoms with E-state index >= 15 is 0 Å². The number of thiocarbonyl (C=S) groups is 1. The lowest BCUT2D eigenvalue weighted by Gasteiger charge is -2.28. The molecular weight excluding hydrogens is 332 g/mol. The number of aryl methyl sites for hydroxylation is 1. The van der Waals surface area contributed by atoms with Gasteiger partial charge in [-0.1, -0.05) is 18.2 Å². The van der Waals surface area contributed by atoms with Gasteiger partial charge in [-0.25, -0.2) is 0 Å². The molecule has 3 aromatic rings. The maximum atomic E-state index is 10.4. The zero-order valence-corrected chi connectivity index (χ0v) is 14.5. The van der Waals surface area contributed by atoms with E-state index in [0.717, 1.165) is 11.4 Å². The molecule has 1 fully saturated rings. The molecule has 0 aliphatic carbocycles. The Morgan fingerprint density at radius 2 is 1.88 bits per heavy atom. The zero-order valence-electron chi connectivity index (χ0n) is 13.7. The summed E-state index contributed by atoms with van der Waals surface area (Å²) in [5.41, 5.74) is 2.69. The van der Waals surface area contributed by atoms with Gasteiger partial charge in [-0.3, -0.25) is 4.98 Å². The number of nitrogens with zero attached hydrogens (tertiary/aromatic N) is 3. The predicted molar refractivity (Wildman–Crippen MR) is 101 cm³/mol. The summed E-state index contributed by atoms with van der Waals surface area (Å²) in [6.07, 6.45) is 3.79. The number of hydrogen-bond acceptors (Lipinski definition) is 3. The molecule has 6 heteroatoms. The van der Waals surface area contributed by atoms with Crippen LogP contribution in [0.3, 0.4) is 0 Å². The van der Waals surface area contributed by atoms with Gasteiger partial charge in [0.1, 0.15) is 11.8 Å². The van der Waals surface area contributed by atoms with Crippen molar-refractivity contribution in [2.24, 2.45) is 7.05 Å². The lowest BCUT2D eigenvalue weighted by Crippen LogP contribution is -2.30. The Morgan fingerprint density at radius 3 is 2.56 bits per heavy atom. The highest BCUT2D eigenvalue weighted by molar-refractivity contribution is 7.80. The quantitative estimate of drug-likeness (QED) is 0.710. The van der Waals surface area contributed by atoms with E-state index in [2.05, 4.69) is 20.9 Å². The number of para-hydroxylation sites is 2. The highest BCUT2D eigenvalue weighted by Crippen LogP contribution is 2.43. The van der Waals surface area contributed by atoms with Crippen LogP contribution in [0.2, 0.25) is 0 Å². The number of nitrogens with one attached hydrogen (secondary N) is 1. The Morgan fingerprint density at radius 1 is 1.08 bits per heavy atom. The Kier molecular flexibility index (Phi) is 3.89. The molecule has 1 aromatic carbocycles. The highest BCUT2D eigenvalue weighted by Gasteiger charge is 2.42. The maximum Gasteiger partial charge on any atom is 0.174 e. The van der Waals surface area contributed by atoms with E-state index in [1.54, 1.807) is 18.3 Å². The predicted octanol–water partition coefficient (Wildman–Crippen LogP) is 3.30. The van der Waals surface area contributed by atoms with Gasteiger partial charge in [-0.05, 0) is 48.6 Å². The summed E-state index contributed by atoms with van der Waals surface area (Å²) in [6, 6.07) is 17.0. The molecule has 1 saturated heterocycles. The first-order valence-electron chi connectivity index (χ1n) is 8.06. The van der Waals surface area contributed by atoms with Gasteiger partial charge in [0.25, 0.3) is 0 Å². The van der Waals surface area contributed by atoms with Crippen LogP contribution >= 0.6 is 12.2 Å². The molecule has 25 heavy (non-hydrogen) atoms. The van der Waals surface area contributed by atoms with Crippen LogP contribution in [-0.4, -0.2) is 19.8 Å². The summed E-state index contributed by atoms with van der Waals surface area (Å²) in [6.45, 7) is 0. The van der Waals surface area contributed by atoms with E-state index in [4.69, 9.17) is 12.2 Å². The molecular formula is C19H18N4OS. The van der Waals surface area contributed by atoms with Crippen molar-refractivity contribution in [3.63, 3.8) is 0 Å². The van der Waals surface area contributed by atoms with Crippen molar-refractivity contribution >= 4 is 23.0 Å². The second-order valence-electron chi connectivity index (χ2n) is 6.03. The fraction of sp³-hybridized carbons (Fsp3) is 0.158.